The summed E-state index contributed by atoms with van der Waals surface area (Å²) in [6.07, 6.45) is 0.812. The summed E-state index contributed by atoms with van der Waals surface area (Å²) < 4.78 is 9.99. The van der Waals surface area contributed by atoms with E-state index in [2.05, 4.69) is 0 Å². The van der Waals surface area contributed by atoms with E-state index < -0.39 is 6.00 Å². The second-order valence-electron chi connectivity index (χ2n) is 2.32. The molecule has 0 aromatic rings. The number of methoxy groups -OCH3 is 1. The van der Waals surface area contributed by atoms with Crippen LogP contribution in [0.5, 0.6) is 0 Å². The van der Waals surface area contributed by atoms with Gasteiger partial charge in [0.05, 0.1) is 13.2 Å². The Morgan fingerprint density at radius 2 is 1.75 bits per heavy atom. The lowest BCUT2D eigenvalue weighted by molar-refractivity contribution is 0.0710. The Labute approximate surface area is 88.2 Å². The van der Waals surface area contributed by atoms with Crippen molar-refractivity contribution in [2.45, 2.75) is 12.5 Å². The van der Waals surface area contributed by atoms with Gasteiger partial charge in [-0.2, -0.15) is 0 Å². The quantitative estimate of drug-likeness (QED) is 0.393. The van der Waals surface area contributed by atoms with Crippen molar-refractivity contribution in [1.82, 2.24) is 0 Å². The topological polar surface area (TPSA) is 18.5 Å². The summed E-state index contributed by atoms with van der Waals surface area (Å²) in [4.78, 5) is 0. The van der Waals surface area contributed by atoms with Crippen molar-refractivity contribution in [2.75, 3.05) is 26.9 Å². The van der Waals surface area contributed by atoms with Gasteiger partial charge in [0.1, 0.15) is 0 Å². The summed E-state index contributed by atoms with van der Waals surface area (Å²) >= 11 is 17.0. The molecule has 0 heterocycles. The van der Waals surface area contributed by atoms with Gasteiger partial charge in [-0.3, -0.25) is 0 Å². The van der Waals surface area contributed by atoms with Gasteiger partial charge in [0.25, 0.3) is 0 Å². The van der Waals surface area contributed by atoms with Crippen LogP contribution >= 0.6 is 33.2 Å². The third kappa shape index (κ3) is 11.0. The number of hydrogen-bond acceptors (Lipinski definition) is 2. The Morgan fingerprint density at radius 3 is 2.25 bits per heavy atom. The maximum Gasteiger partial charge on any atom is 0.341 e. The molecule has 0 radical (unpaired) electrons. The highest BCUT2D eigenvalue weighted by Gasteiger charge is 2.23. The van der Waals surface area contributed by atoms with Crippen molar-refractivity contribution in [2.24, 2.45) is 0 Å². The van der Waals surface area contributed by atoms with Gasteiger partial charge in [0.2, 0.25) is 0 Å². The number of ether oxygens (including phenoxy) is 2. The molecule has 0 aliphatic heterocycles. The average Bonchev–Trinajstić information content (AvgIpc) is 1.94. The molecule has 0 fully saturated rings. The summed E-state index contributed by atoms with van der Waals surface area (Å²) in [5.41, 5.74) is 0. The van der Waals surface area contributed by atoms with Crippen molar-refractivity contribution in [1.29, 1.82) is 0 Å². The molecule has 0 rings (SSSR count). The van der Waals surface area contributed by atoms with Gasteiger partial charge in [0, 0.05) is 13.7 Å². The minimum absolute atomic E-state index is 0.609. The molecule has 0 unspecified atom stereocenters. The monoisotopic (exact) mass is 250 g/mol. The van der Waals surface area contributed by atoms with Crippen LogP contribution in [0.15, 0.2) is 0 Å². The first kappa shape index (κ1) is 13.0. The van der Waals surface area contributed by atoms with Crippen LogP contribution in [0.1, 0.15) is 6.42 Å². The summed E-state index contributed by atoms with van der Waals surface area (Å²) in [7, 11) is 1.64. The lowest BCUT2D eigenvalue weighted by Gasteiger charge is -2.07. The van der Waals surface area contributed by atoms with Gasteiger partial charge >= 0.3 is 6.00 Å². The van der Waals surface area contributed by atoms with Gasteiger partial charge in [-0.1, -0.05) is 0 Å². The molecule has 0 N–H and O–H groups in total. The highest BCUT2D eigenvalue weighted by atomic mass is 35.8. The van der Waals surface area contributed by atoms with Crippen LogP contribution in [0.25, 0.3) is 0 Å². The second-order valence-corrected chi connectivity index (χ2v) is 11.6. The van der Waals surface area contributed by atoms with E-state index in [1.807, 2.05) is 0 Å². The molecule has 0 atom stereocenters. The van der Waals surface area contributed by atoms with Gasteiger partial charge < -0.3 is 9.47 Å². The Hall–Kier alpha value is 1.01. The molecule has 0 aliphatic carbocycles. The normalized spacial score (nSPS) is 12.0. The van der Waals surface area contributed by atoms with Crippen molar-refractivity contribution in [3.8, 4) is 0 Å². The first-order valence-electron chi connectivity index (χ1n) is 3.69. The fraction of sp³-hybridized carbons (Fsp3) is 1.00. The third-order valence-corrected chi connectivity index (χ3v) is 3.80. The smallest absolute Gasteiger partial charge is 0.341 e. The zero-order valence-corrected chi connectivity index (χ0v) is 10.3. The number of halogens is 3. The van der Waals surface area contributed by atoms with Gasteiger partial charge in [-0.05, 0) is 12.5 Å². The highest BCUT2D eigenvalue weighted by molar-refractivity contribution is 7.64. The van der Waals surface area contributed by atoms with Gasteiger partial charge in [-0.25, -0.2) is 0 Å². The minimum atomic E-state index is -2.42. The van der Waals surface area contributed by atoms with E-state index in [1.165, 1.54) is 0 Å². The number of rotatable bonds is 7. The summed E-state index contributed by atoms with van der Waals surface area (Å²) in [5, 5.41) is 0. The molecule has 0 aromatic carbocycles. The van der Waals surface area contributed by atoms with Gasteiger partial charge in [0.15, 0.2) is 0 Å². The van der Waals surface area contributed by atoms with Crippen LogP contribution in [0.2, 0.25) is 6.04 Å². The van der Waals surface area contributed by atoms with Crippen molar-refractivity contribution in [3.63, 3.8) is 0 Å². The zero-order chi connectivity index (χ0) is 9.45. The third-order valence-electron chi connectivity index (χ3n) is 1.18. The van der Waals surface area contributed by atoms with E-state index >= 15 is 0 Å². The molecule has 0 saturated carbocycles. The Bertz CT molecular complexity index is 107. The van der Waals surface area contributed by atoms with E-state index in [0.29, 0.717) is 25.9 Å². The molecular formula is C6H13Cl3O2Si. The highest BCUT2D eigenvalue weighted by Crippen LogP contribution is 2.26. The Kier molecular flexibility index (Phi) is 8.04. The predicted molar refractivity (Wildman–Crippen MR) is 55.4 cm³/mol. The molecule has 0 amide bonds. The fourth-order valence-electron chi connectivity index (χ4n) is 0.619. The summed E-state index contributed by atoms with van der Waals surface area (Å²) in [6, 6.07) is -1.76. The zero-order valence-electron chi connectivity index (χ0n) is 6.99. The van der Waals surface area contributed by atoms with E-state index in [4.69, 9.17) is 42.7 Å². The first-order valence-corrected chi connectivity index (χ1v) is 8.94. The molecular weight excluding hydrogens is 239 g/mol. The van der Waals surface area contributed by atoms with Crippen molar-refractivity contribution in [3.05, 3.63) is 0 Å². The average molecular weight is 252 g/mol. The lowest BCUT2D eigenvalue weighted by atomic mass is 10.5. The lowest BCUT2D eigenvalue weighted by Crippen LogP contribution is -2.11. The minimum Gasteiger partial charge on any atom is -0.382 e. The molecule has 0 spiro atoms. The van der Waals surface area contributed by atoms with Crippen LogP contribution in [-0.4, -0.2) is 32.9 Å². The summed E-state index contributed by atoms with van der Waals surface area (Å²) in [6.45, 7) is 1.87. The van der Waals surface area contributed by atoms with Crippen molar-refractivity contribution < 1.29 is 9.47 Å². The van der Waals surface area contributed by atoms with Crippen LogP contribution < -0.4 is 0 Å². The molecule has 6 heteroatoms. The van der Waals surface area contributed by atoms with E-state index in [-0.39, 0.29) is 0 Å². The van der Waals surface area contributed by atoms with Crippen molar-refractivity contribution >= 4 is 39.2 Å². The molecule has 0 aromatic heterocycles. The molecule has 74 valence electrons. The number of hydrogen-bond donors (Lipinski definition) is 0. The predicted octanol–water partition coefficient (Wildman–Crippen LogP) is 2.69. The molecule has 0 bridgehead atoms. The molecule has 0 saturated heterocycles. The maximum atomic E-state index is 5.66. The Morgan fingerprint density at radius 1 is 1.08 bits per heavy atom. The first-order chi connectivity index (χ1) is 5.56. The molecule has 2 nitrogen and oxygen atoms in total. The van der Waals surface area contributed by atoms with E-state index in [9.17, 15) is 0 Å². The van der Waals surface area contributed by atoms with Crippen LogP contribution in [0.3, 0.4) is 0 Å². The SMILES string of the molecule is COCCOCCC[Si](Cl)(Cl)Cl. The van der Waals surface area contributed by atoms with Crippen LogP contribution in [-0.2, 0) is 9.47 Å². The Balaban J connectivity index is 3.01. The van der Waals surface area contributed by atoms with E-state index in [1.54, 1.807) is 7.11 Å². The van der Waals surface area contributed by atoms with E-state index in [0.717, 1.165) is 6.42 Å². The largest absolute Gasteiger partial charge is 0.382 e. The van der Waals surface area contributed by atoms with Gasteiger partial charge in [-0.15, -0.1) is 33.2 Å². The fourth-order valence-corrected chi connectivity index (χ4v) is 2.37. The molecule has 12 heavy (non-hydrogen) atoms. The second kappa shape index (κ2) is 7.41. The van der Waals surface area contributed by atoms with Crippen LogP contribution in [0.4, 0.5) is 0 Å². The maximum absolute atomic E-state index is 5.66. The standard InChI is InChI=1S/C6H13Cl3O2Si/c1-10-4-5-11-3-2-6-12(7,8)9/h2-6H2,1H3. The van der Waals surface area contributed by atoms with Crippen LogP contribution in [0, 0.1) is 0 Å². The molecule has 0 aliphatic rings. The summed E-state index contributed by atoms with van der Waals surface area (Å²) in [5.74, 6) is 0.